The molecule has 25 heavy (non-hydrogen) atoms. The molecule has 1 aliphatic rings. The number of ether oxygens (including phenoxy) is 3. The summed E-state index contributed by atoms with van der Waals surface area (Å²) in [6, 6.07) is 7.79. The molecule has 5 nitrogen and oxygen atoms in total. The standard InChI is InChI=1S/C20H31NO4/c1-5-6-14-23-17-8-7-9-18(15-17)24-16-10-12-21(13-11-16)19(22)25-20(2,3)4/h7-9,15-16H,5-6,10-14H2,1-4H3. The third kappa shape index (κ3) is 6.85. The van der Waals surface area contributed by atoms with Gasteiger partial charge in [-0.1, -0.05) is 19.4 Å². The summed E-state index contributed by atoms with van der Waals surface area (Å²) in [7, 11) is 0. The highest BCUT2D eigenvalue weighted by molar-refractivity contribution is 5.68. The molecule has 1 amide bonds. The molecular formula is C20H31NO4. The molecule has 5 heteroatoms. The van der Waals surface area contributed by atoms with E-state index in [2.05, 4.69) is 6.92 Å². The van der Waals surface area contributed by atoms with Gasteiger partial charge in [-0.2, -0.15) is 0 Å². The SMILES string of the molecule is CCCCOc1cccc(OC2CCN(C(=O)OC(C)(C)C)CC2)c1. The first-order chi connectivity index (χ1) is 11.9. The van der Waals surface area contributed by atoms with Gasteiger partial charge in [-0.15, -0.1) is 0 Å². The molecule has 1 aromatic rings. The fourth-order valence-electron chi connectivity index (χ4n) is 2.65. The molecule has 0 unspecified atom stereocenters. The number of likely N-dealkylation sites (tertiary alicyclic amines) is 1. The molecule has 1 aliphatic heterocycles. The Kier molecular flexibility index (Phi) is 6.97. The summed E-state index contributed by atoms with van der Waals surface area (Å²) in [5.41, 5.74) is -0.456. The van der Waals surface area contributed by atoms with Gasteiger partial charge in [0.2, 0.25) is 0 Å². The number of piperidine rings is 1. The molecular weight excluding hydrogens is 318 g/mol. The van der Waals surface area contributed by atoms with Crippen LogP contribution >= 0.6 is 0 Å². The molecule has 1 fully saturated rings. The van der Waals surface area contributed by atoms with E-state index in [4.69, 9.17) is 14.2 Å². The number of hydrogen-bond donors (Lipinski definition) is 0. The van der Waals surface area contributed by atoms with Crippen molar-refractivity contribution in [3.63, 3.8) is 0 Å². The highest BCUT2D eigenvalue weighted by Crippen LogP contribution is 2.24. The second-order valence-electron chi connectivity index (χ2n) is 7.46. The third-order valence-electron chi connectivity index (χ3n) is 3.97. The average Bonchev–Trinajstić information content (AvgIpc) is 2.54. The van der Waals surface area contributed by atoms with Crippen molar-refractivity contribution in [2.24, 2.45) is 0 Å². The van der Waals surface area contributed by atoms with E-state index in [-0.39, 0.29) is 12.2 Å². The number of unbranched alkanes of at least 4 members (excludes halogenated alkanes) is 1. The highest BCUT2D eigenvalue weighted by atomic mass is 16.6. The van der Waals surface area contributed by atoms with Crippen molar-refractivity contribution in [1.82, 2.24) is 4.90 Å². The molecule has 1 heterocycles. The Morgan fingerprint density at radius 3 is 2.52 bits per heavy atom. The zero-order chi connectivity index (χ0) is 18.3. The van der Waals surface area contributed by atoms with Gasteiger partial charge in [0.05, 0.1) is 6.61 Å². The predicted octanol–water partition coefficient (Wildman–Crippen LogP) is 4.64. The quantitative estimate of drug-likeness (QED) is 0.702. The van der Waals surface area contributed by atoms with Crippen LogP contribution < -0.4 is 9.47 Å². The molecule has 2 rings (SSSR count). The van der Waals surface area contributed by atoms with Gasteiger partial charge in [-0.05, 0) is 39.3 Å². The van der Waals surface area contributed by atoms with E-state index >= 15 is 0 Å². The zero-order valence-electron chi connectivity index (χ0n) is 15.9. The van der Waals surface area contributed by atoms with Crippen LogP contribution in [0.2, 0.25) is 0 Å². The van der Waals surface area contributed by atoms with Crippen LogP contribution in [0, 0.1) is 0 Å². The molecule has 0 radical (unpaired) electrons. The summed E-state index contributed by atoms with van der Waals surface area (Å²) in [5.74, 6) is 1.67. The summed E-state index contributed by atoms with van der Waals surface area (Å²) >= 11 is 0. The first-order valence-corrected chi connectivity index (χ1v) is 9.25. The maximum atomic E-state index is 12.1. The Labute approximate surface area is 151 Å². The van der Waals surface area contributed by atoms with Crippen LogP contribution in [0.25, 0.3) is 0 Å². The van der Waals surface area contributed by atoms with Gasteiger partial charge >= 0.3 is 6.09 Å². The van der Waals surface area contributed by atoms with Crippen LogP contribution in [0.3, 0.4) is 0 Å². The lowest BCUT2D eigenvalue weighted by Gasteiger charge is -2.33. The fraction of sp³-hybridized carbons (Fsp3) is 0.650. The summed E-state index contributed by atoms with van der Waals surface area (Å²) in [6.45, 7) is 9.85. The molecule has 1 aromatic carbocycles. The number of carbonyl (C=O) groups is 1. The van der Waals surface area contributed by atoms with Gasteiger partial charge in [0.1, 0.15) is 23.2 Å². The van der Waals surface area contributed by atoms with Crippen LogP contribution in [0.5, 0.6) is 11.5 Å². The van der Waals surface area contributed by atoms with E-state index < -0.39 is 5.60 Å². The van der Waals surface area contributed by atoms with Crippen molar-refractivity contribution in [3.05, 3.63) is 24.3 Å². The number of benzene rings is 1. The third-order valence-corrected chi connectivity index (χ3v) is 3.97. The normalized spacial score (nSPS) is 15.8. The molecule has 0 saturated carbocycles. The van der Waals surface area contributed by atoms with Gasteiger partial charge in [-0.25, -0.2) is 4.79 Å². The molecule has 0 bridgehead atoms. The van der Waals surface area contributed by atoms with Crippen molar-refractivity contribution in [2.45, 2.75) is 65.1 Å². The number of carbonyl (C=O) groups excluding carboxylic acids is 1. The van der Waals surface area contributed by atoms with Crippen molar-refractivity contribution < 1.29 is 19.0 Å². The van der Waals surface area contributed by atoms with Crippen molar-refractivity contribution in [2.75, 3.05) is 19.7 Å². The monoisotopic (exact) mass is 349 g/mol. The van der Waals surface area contributed by atoms with E-state index in [1.54, 1.807) is 4.90 Å². The van der Waals surface area contributed by atoms with E-state index in [1.807, 2.05) is 45.0 Å². The van der Waals surface area contributed by atoms with E-state index in [0.29, 0.717) is 13.1 Å². The predicted molar refractivity (Wildman–Crippen MR) is 98.3 cm³/mol. The van der Waals surface area contributed by atoms with Gasteiger partial charge in [-0.3, -0.25) is 0 Å². The second-order valence-corrected chi connectivity index (χ2v) is 7.46. The van der Waals surface area contributed by atoms with Crippen LogP contribution in [-0.4, -0.2) is 42.4 Å². The largest absolute Gasteiger partial charge is 0.493 e. The van der Waals surface area contributed by atoms with Crippen molar-refractivity contribution in [3.8, 4) is 11.5 Å². The molecule has 0 atom stereocenters. The molecule has 1 saturated heterocycles. The maximum Gasteiger partial charge on any atom is 0.410 e. The number of nitrogens with zero attached hydrogens (tertiary/aromatic N) is 1. The molecule has 140 valence electrons. The van der Waals surface area contributed by atoms with E-state index in [1.165, 1.54) is 0 Å². The van der Waals surface area contributed by atoms with Gasteiger partial charge in [0.15, 0.2) is 0 Å². The summed E-state index contributed by atoms with van der Waals surface area (Å²) in [5, 5.41) is 0. The van der Waals surface area contributed by atoms with Gasteiger partial charge < -0.3 is 19.1 Å². The Bertz CT molecular complexity index is 545. The van der Waals surface area contributed by atoms with E-state index in [9.17, 15) is 4.79 Å². The summed E-state index contributed by atoms with van der Waals surface area (Å²) in [4.78, 5) is 13.9. The minimum absolute atomic E-state index is 0.115. The lowest BCUT2D eigenvalue weighted by atomic mass is 10.1. The smallest absolute Gasteiger partial charge is 0.410 e. The Morgan fingerprint density at radius 1 is 1.20 bits per heavy atom. The zero-order valence-corrected chi connectivity index (χ0v) is 15.9. The van der Waals surface area contributed by atoms with Gasteiger partial charge in [0.25, 0.3) is 0 Å². The minimum atomic E-state index is -0.456. The Balaban J connectivity index is 1.80. The van der Waals surface area contributed by atoms with Crippen LogP contribution in [0.1, 0.15) is 53.4 Å². The number of hydrogen-bond acceptors (Lipinski definition) is 4. The van der Waals surface area contributed by atoms with Crippen LogP contribution in [0.15, 0.2) is 24.3 Å². The molecule has 0 spiro atoms. The Morgan fingerprint density at radius 2 is 1.88 bits per heavy atom. The lowest BCUT2D eigenvalue weighted by molar-refractivity contribution is 0.0126. The van der Waals surface area contributed by atoms with Crippen molar-refractivity contribution >= 4 is 6.09 Å². The van der Waals surface area contributed by atoms with Crippen molar-refractivity contribution in [1.29, 1.82) is 0 Å². The number of amides is 1. The average molecular weight is 349 g/mol. The minimum Gasteiger partial charge on any atom is -0.493 e. The Hall–Kier alpha value is -1.91. The molecule has 0 aliphatic carbocycles. The molecule has 0 N–H and O–H groups in total. The second kappa shape index (κ2) is 8.97. The van der Waals surface area contributed by atoms with Gasteiger partial charge in [0, 0.05) is 32.0 Å². The first-order valence-electron chi connectivity index (χ1n) is 9.25. The first kappa shape index (κ1) is 19.4. The molecule has 0 aromatic heterocycles. The maximum absolute atomic E-state index is 12.1. The topological polar surface area (TPSA) is 48.0 Å². The summed E-state index contributed by atoms with van der Waals surface area (Å²) < 4.78 is 17.2. The van der Waals surface area contributed by atoms with Crippen LogP contribution in [0.4, 0.5) is 4.79 Å². The summed E-state index contributed by atoms with van der Waals surface area (Å²) in [6.07, 6.45) is 3.66. The lowest BCUT2D eigenvalue weighted by Crippen LogP contribution is -2.44. The van der Waals surface area contributed by atoms with E-state index in [0.717, 1.165) is 43.8 Å². The fourth-order valence-corrected chi connectivity index (χ4v) is 2.65. The number of rotatable bonds is 6. The highest BCUT2D eigenvalue weighted by Gasteiger charge is 2.27. The van der Waals surface area contributed by atoms with Crippen LogP contribution in [-0.2, 0) is 4.74 Å².